The number of amides is 1. The van der Waals surface area contributed by atoms with E-state index >= 15 is 0 Å². The smallest absolute Gasteiger partial charge is 0.238 e. The first kappa shape index (κ1) is 17.9. The Morgan fingerprint density at radius 2 is 2.10 bits per heavy atom. The van der Waals surface area contributed by atoms with Crippen molar-refractivity contribution in [2.45, 2.75) is 13.3 Å². The van der Waals surface area contributed by atoms with E-state index in [-0.39, 0.29) is 12.5 Å². The maximum Gasteiger partial charge on any atom is 0.238 e. The lowest BCUT2D eigenvalue weighted by Crippen LogP contribution is -2.29. The third-order valence-corrected chi connectivity index (χ3v) is 3.07. The van der Waals surface area contributed by atoms with Crippen molar-refractivity contribution >= 4 is 23.2 Å². The molecule has 0 aliphatic heterocycles. The van der Waals surface area contributed by atoms with Crippen LogP contribution in [0.15, 0.2) is 18.2 Å². The summed E-state index contributed by atoms with van der Waals surface area (Å²) >= 11 is 5.91. The molecular formula is C15H23ClN2O3. The van der Waals surface area contributed by atoms with Crippen molar-refractivity contribution in [3.63, 3.8) is 0 Å². The van der Waals surface area contributed by atoms with Gasteiger partial charge in [0.1, 0.15) is 0 Å². The molecule has 0 unspecified atom stereocenters. The molecule has 0 atom stereocenters. The molecule has 6 heteroatoms. The van der Waals surface area contributed by atoms with Gasteiger partial charge in [-0.2, -0.15) is 0 Å². The Morgan fingerprint density at radius 1 is 1.29 bits per heavy atom. The summed E-state index contributed by atoms with van der Waals surface area (Å²) in [6.45, 7) is 4.79. The molecule has 0 fully saturated rings. The van der Waals surface area contributed by atoms with Gasteiger partial charge in [-0.15, -0.1) is 0 Å². The van der Waals surface area contributed by atoms with E-state index in [9.17, 15) is 4.79 Å². The molecule has 0 radical (unpaired) electrons. The number of carbonyl (C=O) groups excluding carboxylic acids is 1. The van der Waals surface area contributed by atoms with E-state index in [2.05, 4.69) is 10.6 Å². The van der Waals surface area contributed by atoms with Gasteiger partial charge >= 0.3 is 0 Å². The summed E-state index contributed by atoms with van der Waals surface area (Å²) < 4.78 is 10.2. The van der Waals surface area contributed by atoms with Crippen LogP contribution in [0.5, 0.6) is 0 Å². The zero-order chi connectivity index (χ0) is 15.5. The minimum atomic E-state index is -0.0827. The number of carbonyl (C=O) groups is 1. The Labute approximate surface area is 131 Å². The monoisotopic (exact) mass is 314 g/mol. The quantitative estimate of drug-likeness (QED) is 0.650. The highest BCUT2D eigenvalue weighted by atomic mass is 35.5. The maximum absolute atomic E-state index is 11.8. The van der Waals surface area contributed by atoms with Crippen LogP contribution in [-0.2, 0) is 14.3 Å². The molecule has 1 aromatic carbocycles. The van der Waals surface area contributed by atoms with Gasteiger partial charge in [-0.3, -0.25) is 4.79 Å². The Kier molecular flexibility index (Phi) is 9.01. The fraction of sp³-hybridized carbons (Fsp3) is 0.533. The van der Waals surface area contributed by atoms with Crippen molar-refractivity contribution in [2.75, 3.05) is 45.3 Å². The molecule has 0 aliphatic carbocycles. The summed E-state index contributed by atoms with van der Waals surface area (Å²) in [4.78, 5) is 11.8. The number of ether oxygens (including phenoxy) is 2. The van der Waals surface area contributed by atoms with E-state index in [4.69, 9.17) is 21.1 Å². The molecule has 0 bridgehead atoms. The number of hydrogen-bond donors (Lipinski definition) is 2. The molecule has 118 valence electrons. The van der Waals surface area contributed by atoms with Crippen LogP contribution in [0.4, 0.5) is 5.69 Å². The predicted molar refractivity (Wildman–Crippen MR) is 85.0 cm³/mol. The Hall–Kier alpha value is -1.14. The lowest BCUT2D eigenvalue weighted by atomic mass is 10.2. The van der Waals surface area contributed by atoms with E-state index in [1.54, 1.807) is 19.2 Å². The number of rotatable bonds is 10. The molecule has 5 nitrogen and oxygen atoms in total. The van der Waals surface area contributed by atoms with E-state index in [0.29, 0.717) is 24.8 Å². The Morgan fingerprint density at radius 3 is 2.86 bits per heavy atom. The zero-order valence-electron chi connectivity index (χ0n) is 12.6. The molecule has 1 amide bonds. The molecule has 21 heavy (non-hydrogen) atoms. The zero-order valence-corrected chi connectivity index (χ0v) is 13.3. The molecule has 0 spiro atoms. The number of methoxy groups -OCH3 is 1. The number of hydrogen-bond acceptors (Lipinski definition) is 4. The molecule has 0 saturated carbocycles. The maximum atomic E-state index is 11.8. The van der Waals surface area contributed by atoms with Crippen molar-refractivity contribution in [3.05, 3.63) is 28.8 Å². The predicted octanol–water partition coefficient (Wildman–Crippen LogP) is 2.23. The van der Waals surface area contributed by atoms with Crippen LogP contribution in [0.2, 0.25) is 5.02 Å². The summed E-state index contributed by atoms with van der Waals surface area (Å²) in [5, 5.41) is 6.52. The molecule has 1 rings (SSSR count). The van der Waals surface area contributed by atoms with Gasteiger partial charge in [-0.05, 0) is 37.6 Å². The van der Waals surface area contributed by atoms with Crippen LogP contribution in [-0.4, -0.2) is 45.9 Å². The van der Waals surface area contributed by atoms with Crippen LogP contribution in [0.25, 0.3) is 0 Å². The molecule has 2 N–H and O–H groups in total. The summed E-state index contributed by atoms with van der Waals surface area (Å²) in [5.74, 6) is -0.0827. The van der Waals surface area contributed by atoms with Crippen LogP contribution in [0, 0.1) is 6.92 Å². The van der Waals surface area contributed by atoms with Gasteiger partial charge in [0, 0.05) is 24.4 Å². The third kappa shape index (κ3) is 8.02. The summed E-state index contributed by atoms with van der Waals surface area (Å²) in [6, 6.07) is 5.43. The lowest BCUT2D eigenvalue weighted by Gasteiger charge is -2.09. The van der Waals surface area contributed by atoms with Crippen molar-refractivity contribution in [3.8, 4) is 0 Å². The first-order chi connectivity index (χ1) is 10.1. The second kappa shape index (κ2) is 10.6. The molecule has 0 heterocycles. The van der Waals surface area contributed by atoms with Gasteiger partial charge in [-0.1, -0.05) is 17.7 Å². The third-order valence-electron chi connectivity index (χ3n) is 2.83. The molecule has 1 aromatic rings. The van der Waals surface area contributed by atoms with Crippen LogP contribution < -0.4 is 10.6 Å². The molecular weight excluding hydrogens is 292 g/mol. The van der Waals surface area contributed by atoms with Crippen LogP contribution in [0.1, 0.15) is 12.0 Å². The average Bonchev–Trinajstić information content (AvgIpc) is 2.46. The standard InChI is InChI=1S/C15H23ClN2O3/c1-12-4-5-13(16)10-14(12)18-15(19)11-17-6-3-7-21-9-8-20-2/h4-5,10,17H,3,6-9,11H2,1-2H3,(H,18,19). The first-order valence-electron chi connectivity index (χ1n) is 6.97. The first-order valence-corrected chi connectivity index (χ1v) is 7.34. The summed E-state index contributed by atoms with van der Waals surface area (Å²) in [7, 11) is 1.64. The van der Waals surface area contributed by atoms with Crippen molar-refractivity contribution < 1.29 is 14.3 Å². The van der Waals surface area contributed by atoms with Crippen molar-refractivity contribution in [1.29, 1.82) is 0 Å². The van der Waals surface area contributed by atoms with Gasteiger partial charge in [0.05, 0.1) is 19.8 Å². The van der Waals surface area contributed by atoms with Gasteiger partial charge in [-0.25, -0.2) is 0 Å². The van der Waals surface area contributed by atoms with Crippen LogP contribution >= 0.6 is 11.6 Å². The van der Waals surface area contributed by atoms with E-state index in [0.717, 1.165) is 24.2 Å². The largest absolute Gasteiger partial charge is 0.382 e. The second-order valence-electron chi connectivity index (χ2n) is 4.64. The minimum Gasteiger partial charge on any atom is -0.382 e. The fourth-order valence-electron chi connectivity index (χ4n) is 1.67. The SMILES string of the molecule is COCCOCCCNCC(=O)Nc1cc(Cl)ccc1C. The number of anilines is 1. The Bertz CT molecular complexity index is 441. The topological polar surface area (TPSA) is 59.6 Å². The highest BCUT2D eigenvalue weighted by molar-refractivity contribution is 6.31. The van der Waals surface area contributed by atoms with Crippen molar-refractivity contribution in [2.24, 2.45) is 0 Å². The summed E-state index contributed by atoms with van der Waals surface area (Å²) in [6.07, 6.45) is 0.854. The second-order valence-corrected chi connectivity index (χ2v) is 5.08. The minimum absolute atomic E-state index is 0.0827. The van der Waals surface area contributed by atoms with Crippen LogP contribution in [0.3, 0.4) is 0 Å². The van der Waals surface area contributed by atoms with E-state index in [1.165, 1.54) is 0 Å². The van der Waals surface area contributed by atoms with E-state index < -0.39 is 0 Å². The normalized spacial score (nSPS) is 10.6. The van der Waals surface area contributed by atoms with Gasteiger partial charge in [0.25, 0.3) is 0 Å². The highest BCUT2D eigenvalue weighted by Gasteiger charge is 2.04. The van der Waals surface area contributed by atoms with Gasteiger partial charge in [0.2, 0.25) is 5.91 Å². The van der Waals surface area contributed by atoms with Gasteiger partial charge < -0.3 is 20.1 Å². The number of benzene rings is 1. The Balaban J connectivity index is 2.13. The van der Waals surface area contributed by atoms with E-state index in [1.807, 2.05) is 13.0 Å². The fourth-order valence-corrected chi connectivity index (χ4v) is 1.84. The molecule has 0 aliphatic rings. The molecule has 0 aromatic heterocycles. The van der Waals surface area contributed by atoms with Gasteiger partial charge in [0.15, 0.2) is 0 Å². The summed E-state index contributed by atoms with van der Waals surface area (Å²) in [5.41, 5.74) is 1.73. The number of nitrogens with one attached hydrogen (secondary N) is 2. The lowest BCUT2D eigenvalue weighted by molar-refractivity contribution is -0.115. The highest BCUT2D eigenvalue weighted by Crippen LogP contribution is 2.19. The van der Waals surface area contributed by atoms with Crippen molar-refractivity contribution in [1.82, 2.24) is 5.32 Å². The molecule has 0 saturated heterocycles. The number of halogens is 1. The number of aryl methyl sites for hydroxylation is 1. The average molecular weight is 315 g/mol.